The minimum atomic E-state index is -0.763. The van der Waals surface area contributed by atoms with Crippen LogP contribution in [0.3, 0.4) is 0 Å². The summed E-state index contributed by atoms with van der Waals surface area (Å²) in [4.78, 5) is 24.6. The number of rotatable bonds is 12. The standard InChI is InChI=1S/C24H28O6/c1-18(23(25)27-2)21(16-29-14-19-10-6-4-7-11-19)22(24(26)28-3)17-30-15-20-12-8-5-9-13-20/h4-13,21-22H,1,14-17H2,2-3H3/t21-,22-/m1/s1. The molecule has 0 aromatic heterocycles. The van der Waals surface area contributed by atoms with Crippen LogP contribution < -0.4 is 0 Å². The number of hydrogen-bond acceptors (Lipinski definition) is 6. The monoisotopic (exact) mass is 412 g/mol. The molecule has 0 aliphatic carbocycles. The number of ether oxygens (including phenoxy) is 4. The number of hydrogen-bond donors (Lipinski definition) is 0. The minimum Gasteiger partial charge on any atom is -0.469 e. The Morgan fingerprint density at radius 3 is 1.67 bits per heavy atom. The van der Waals surface area contributed by atoms with Gasteiger partial charge in [-0.2, -0.15) is 0 Å². The Bertz CT molecular complexity index is 803. The summed E-state index contributed by atoms with van der Waals surface area (Å²) < 4.78 is 21.3. The third-order valence-electron chi connectivity index (χ3n) is 4.70. The highest BCUT2D eigenvalue weighted by Gasteiger charge is 2.35. The van der Waals surface area contributed by atoms with Crippen molar-refractivity contribution in [2.75, 3.05) is 27.4 Å². The fourth-order valence-corrected chi connectivity index (χ4v) is 3.00. The van der Waals surface area contributed by atoms with Crippen LogP contribution >= 0.6 is 0 Å². The molecule has 2 rings (SSSR count). The molecule has 160 valence electrons. The molecule has 30 heavy (non-hydrogen) atoms. The summed E-state index contributed by atoms with van der Waals surface area (Å²) in [6.07, 6.45) is 0. The van der Waals surface area contributed by atoms with Crippen molar-refractivity contribution >= 4 is 11.9 Å². The molecular weight excluding hydrogens is 384 g/mol. The SMILES string of the molecule is C=C(C(=O)OC)[C@@H](COCc1ccccc1)[C@@H](COCc1ccccc1)C(=O)OC. The molecule has 0 spiro atoms. The van der Waals surface area contributed by atoms with Gasteiger partial charge in [-0.25, -0.2) is 4.79 Å². The van der Waals surface area contributed by atoms with Crippen molar-refractivity contribution in [1.29, 1.82) is 0 Å². The van der Waals surface area contributed by atoms with Crippen molar-refractivity contribution in [3.05, 3.63) is 83.9 Å². The molecule has 0 aliphatic rings. The second-order valence-corrected chi connectivity index (χ2v) is 6.75. The van der Waals surface area contributed by atoms with Crippen molar-refractivity contribution in [2.24, 2.45) is 11.8 Å². The Hall–Kier alpha value is -2.96. The molecule has 0 fully saturated rings. The molecule has 0 saturated heterocycles. The van der Waals surface area contributed by atoms with E-state index in [4.69, 9.17) is 18.9 Å². The van der Waals surface area contributed by atoms with E-state index in [1.165, 1.54) is 14.2 Å². The highest BCUT2D eigenvalue weighted by Crippen LogP contribution is 2.24. The van der Waals surface area contributed by atoms with E-state index < -0.39 is 23.8 Å². The first-order valence-corrected chi connectivity index (χ1v) is 9.65. The summed E-state index contributed by atoms with van der Waals surface area (Å²) in [5, 5.41) is 0. The van der Waals surface area contributed by atoms with E-state index in [2.05, 4.69) is 6.58 Å². The van der Waals surface area contributed by atoms with Crippen LogP contribution in [0.5, 0.6) is 0 Å². The molecule has 2 aromatic carbocycles. The average molecular weight is 412 g/mol. The Morgan fingerprint density at radius 2 is 1.23 bits per heavy atom. The molecule has 0 amide bonds. The smallest absolute Gasteiger partial charge is 0.333 e. The lowest BCUT2D eigenvalue weighted by atomic mass is 9.87. The molecular formula is C24H28O6. The zero-order valence-corrected chi connectivity index (χ0v) is 17.4. The Labute approximate surface area is 177 Å². The van der Waals surface area contributed by atoms with E-state index in [1.807, 2.05) is 60.7 Å². The maximum atomic E-state index is 12.5. The second kappa shape index (κ2) is 12.6. The molecule has 0 N–H and O–H groups in total. The van der Waals surface area contributed by atoms with Crippen LogP contribution in [0, 0.1) is 11.8 Å². The van der Waals surface area contributed by atoms with Crippen LogP contribution in [0.2, 0.25) is 0 Å². The van der Waals surface area contributed by atoms with Crippen molar-refractivity contribution in [3.63, 3.8) is 0 Å². The molecule has 0 saturated carbocycles. The maximum absolute atomic E-state index is 12.5. The average Bonchev–Trinajstić information content (AvgIpc) is 2.80. The Balaban J connectivity index is 2.08. The fourth-order valence-electron chi connectivity index (χ4n) is 3.00. The van der Waals surface area contributed by atoms with Crippen LogP contribution in [-0.4, -0.2) is 39.4 Å². The maximum Gasteiger partial charge on any atom is 0.333 e. The van der Waals surface area contributed by atoms with Gasteiger partial charge in [0.2, 0.25) is 0 Å². The number of benzene rings is 2. The van der Waals surface area contributed by atoms with Gasteiger partial charge in [-0.15, -0.1) is 0 Å². The minimum absolute atomic E-state index is 0.0525. The lowest BCUT2D eigenvalue weighted by Gasteiger charge is -2.26. The molecule has 2 aromatic rings. The van der Waals surface area contributed by atoms with Crippen LogP contribution in [0.4, 0.5) is 0 Å². The van der Waals surface area contributed by atoms with Gasteiger partial charge in [-0.1, -0.05) is 67.2 Å². The van der Waals surface area contributed by atoms with Gasteiger partial charge >= 0.3 is 11.9 Å². The molecule has 0 bridgehead atoms. The number of methoxy groups -OCH3 is 2. The van der Waals surface area contributed by atoms with Gasteiger partial charge in [0.05, 0.1) is 46.6 Å². The van der Waals surface area contributed by atoms with Crippen molar-refractivity contribution in [1.82, 2.24) is 0 Å². The van der Waals surface area contributed by atoms with Crippen LogP contribution in [0.15, 0.2) is 72.8 Å². The van der Waals surface area contributed by atoms with Gasteiger partial charge in [-0.05, 0) is 11.1 Å². The number of carbonyl (C=O) groups excluding carboxylic acids is 2. The van der Waals surface area contributed by atoms with Crippen molar-refractivity contribution < 1.29 is 28.5 Å². The van der Waals surface area contributed by atoms with Gasteiger partial charge in [0.25, 0.3) is 0 Å². The van der Waals surface area contributed by atoms with Gasteiger partial charge in [0, 0.05) is 11.5 Å². The Kier molecular flexibility index (Phi) is 9.77. The summed E-state index contributed by atoms with van der Waals surface area (Å²) in [5.41, 5.74) is 2.10. The van der Waals surface area contributed by atoms with E-state index in [1.54, 1.807) is 0 Å². The summed E-state index contributed by atoms with van der Waals surface area (Å²) in [7, 11) is 2.57. The first-order valence-electron chi connectivity index (χ1n) is 9.65. The van der Waals surface area contributed by atoms with Gasteiger partial charge in [0.1, 0.15) is 0 Å². The van der Waals surface area contributed by atoms with E-state index in [-0.39, 0.29) is 18.8 Å². The van der Waals surface area contributed by atoms with Crippen LogP contribution in [0.25, 0.3) is 0 Å². The molecule has 6 nitrogen and oxygen atoms in total. The zero-order chi connectivity index (χ0) is 21.8. The first kappa shape index (κ1) is 23.3. The third-order valence-corrected chi connectivity index (χ3v) is 4.70. The van der Waals surface area contributed by atoms with Gasteiger partial charge in [0.15, 0.2) is 0 Å². The number of esters is 2. The highest BCUT2D eigenvalue weighted by molar-refractivity contribution is 5.89. The Morgan fingerprint density at radius 1 is 0.767 bits per heavy atom. The van der Waals surface area contributed by atoms with Crippen LogP contribution in [0.1, 0.15) is 11.1 Å². The molecule has 0 radical (unpaired) electrons. The highest BCUT2D eigenvalue weighted by atomic mass is 16.5. The molecule has 6 heteroatoms. The second-order valence-electron chi connectivity index (χ2n) is 6.75. The normalized spacial score (nSPS) is 12.6. The molecule has 0 unspecified atom stereocenters. The van der Waals surface area contributed by atoms with Gasteiger partial charge < -0.3 is 18.9 Å². The van der Waals surface area contributed by atoms with E-state index in [0.29, 0.717) is 13.2 Å². The topological polar surface area (TPSA) is 71.1 Å². The van der Waals surface area contributed by atoms with E-state index >= 15 is 0 Å². The molecule has 0 heterocycles. The quantitative estimate of drug-likeness (QED) is 0.392. The van der Waals surface area contributed by atoms with E-state index in [0.717, 1.165) is 11.1 Å². The van der Waals surface area contributed by atoms with Crippen LogP contribution in [-0.2, 0) is 41.8 Å². The first-order chi connectivity index (χ1) is 14.6. The zero-order valence-electron chi connectivity index (χ0n) is 17.4. The predicted octanol–water partition coefficient (Wildman–Crippen LogP) is 3.55. The number of carbonyl (C=O) groups is 2. The van der Waals surface area contributed by atoms with Gasteiger partial charge in [-0.3, -0.25) is 4.79 Å². The van der Waals surface area contributed by atoms with E-state index in [9.17, 15) is 9.59 Å². The lowest BCUT2D eigenvalue weighted by Crippen LogP contribution is -2.35. The molecule has 2 atom stereocenters. The molecule has 0 aliphatic heterocycles. The third kappa shape index (κ3) is 7.13. The lowest BCUT2D eigenvalue weighted by molar-refractivity contribution is -0.151. The van der Waals surface area contributed by atoms with Crippen molar-refractivity contribution in [2.45, 2.75) is 13.2 Å². The predicted molar refractivity (Wildman–Crippen MR) is 112 cm³/mol. The summed E-state index contributed by atoms with van der Waals surface area (Å²) in [5.74, 6) is -2.51. The summed E-state index contributed by atoms with van der Waals surface area (Å²) >= 11 is 0. The largest absolute Gasteiger partial charge is 0.469 e. The van der Waals surface area contributed by atoms with Crippen molar-refractivity contribution in [3.8, 4) is 0 Å². The summed E-state index contributed by atoms with van der Waals surface area (Å²) in [6, 6.07) is 19.2. The fraction of sp³-hybridized carbons (Fsp3) is 0.333. The summed E-state index contributed by atoms with van der Waals surface area (Å²) in [6.45, 7) is 4.65.